The van der Waals surface area contributed by atoms with Gasteiger partial charge in [-0.1, -0.05) is 36.4 Å². The van der Waals surface area contributed by atoms with Gasteiger partial charge in [0.1, 0.15) is 19.3 Å². The number of hydrogen-bond donors (Lipinski definition) is 1. The lowest BCUT2D eigenvalue weighted by atomic mass is 10.0. The van der Waals surface area contributed by atoms with Crippen LogP contribution in [0.5, 0.6) is 11.5 Å². The first-order chi connectivity index (χ1) is 14.6. The molecule has 2 aromatic carbocycles. The highest BCUT2D eigenvalue weighted by Crippen LogP contribution is 2.33. The summed E-state index contributed by atoms with van der Waals surface area (Å²) in [6.07, 6.45) is 0.259. The zero-order valence-corrected chi connectivity index (χ0v) is 17.4. The molecule has 154 valence electrons. The number of benzene rings is 2. The maximum atomic E-state index is 13.3. The zero-order chi connectivity index (χ0) is 20.9. The van der Waals surface area contributed by atoms with E-state index >= 15 is 0 Å². The van der Waals surface area contributed by atoms with Gasteiger partial charge in [-0.3, -0.25) is 9.59 Å². The first-order valence-electron chi connectivity index (χ1n) is 9.65. The van der Waals surface area contributed by atoms with E-state index in [9.17, 15) is 9.59 Å². The van der Waals surface area contributed by atoms with Gasteiger partial charge < -0.3 is 19.7 Å². The SMILES string of the molecule is CN(C(=O)Cc1cccs1)C(C(=O)Nc1ccc2c(c1)OCCO2)c1ccccc1. The van der Waals surface area contributed by atoms with Crippen LogP contribution < -0.4 is 14.8 Å². The quantitative estimate of drug-likeness (QED) is 0.654. The zero-order valence-electron chi connectivity index (χ0n) is 16.5. The molecule has 4 rings (SSSR count). The Morgan fingerprint density at radius 2 is 1.80 bits per heavy atom. The van der Waals surface area contributed by atoms with Crippen molar-refractivity contribution in [2.75, 3.05) is 25.6 Å². The third-order valence-corrected chi connectivity index (χ3v) is 5.74. The van der Waals surface area contributed by atoms with Gasteiger partial charge >= 0.3 is 0 Å². The van der Waals surface area contributed by atoms with Crippen LogP contribution in [0.1, 0.15) is 16.5 Å². The summed E-state index contributed by atoms with van der Waals surface area (Å²) in [5.41, 5.74) is 1.33. The van der Waals surface area contributed by atoms with Crippen molar-refractivity contribution in [3.05, 3.63) is 76.5 Å². The average Bonchev–Trinajstić information content (AvgIpc) is 3.27. The van der Waals surface area contributed by atoms with Crippen molar-refractivity contribution in [3.8, 4) is 11.5 Å². The van der Waals surface area contributed by atoms with Crippen LogP contribution in [0.2, 0.25) is 0 Å². The first-order valence-corrected chi connectivity index (χ1v) is 10.5. The maximum absolute atomic E-state index is 13.3. The number of carbonyl (C=O) groups excluding carboxylic acids is 2. The minimum Gasteiger partial charge on any atom is -0.486 e. The summed E-state index contributed by atoms with van der Waals surface area (Å²) in [5, 5.41) is 4.86. The number of nitrogens with one attached hydrogen (secondary N) is 1. The highest BCUT2D eigenvalue weighted by Gasteiger charge is 2.29. The van der Waals surface area contributed by atoms with Gasteiger partial charge in [-0.15, -0.1) is 11.3 Å². The fourth-order valence-electron chi connectivity index (χ4n) is 3.35. The molecule has 0 fully saturated rings. The molecular weight excluding hydrogens is 400 g/mol. The van der Waals surface area contributed by atoms with Crippen LogP contribution in [0.15, 0.2) is 66.0 Å². The molecule has 2 amide bonds. The standard InChI is InChI=1S/C23H22N2O4S/c1-25(21(26)15-18-8-5-13-30-18)22(16-6-3-2-4-7-16)23(27)24-17-9-10-19-20(14-17)29-12-11-28-19/h2-10,13-14,22H,11-12,15H2,1H3,(H,24,27). The lowest BCUT2D eigenvalue weighted by Crippen LogP contribution is -2.39. The Labute approximate surface area is 179 Å². The number of amides is 2. The molecule has 0 radical (unpaired) electrons. The largest absolute Gasteiger partial charge is 0.486 e. The topological polar surface area (TPSA) is 67.9 Å². The molecule has 1 aliphatic rings. The molecule has 2 heterocycles. The number of thiophene rings is 1. The van der Waals surface area contributed by atoms with Crippen LogP contribution in [0, 0.1) is 0 Å². The molecule has 0 saturated heterocycles. The molecule has 1 N–H and O–H groups in total. The van der Waals surface area contributed by atoms with Gasteiger partial charge in [-0.25, -0.2) is 0 Å². The van der Waals surface area contributed by atoms with Crippen molar-refractivity contribution in [1.29, 1.82) is 0 Å². The van der Waals surface area contributed by atoms with Crippen LogP contribution >= 0.6 is 11.3 Å². The minimum atomic E-state index is -0.758. The van der Waals surface area contributed by atoms with Crippen molar-refractivity contribution >= 4 is 28.8 Å². The second-order valence-corrected chi connectivity index (χ2v) is 7.95. The van der Waals surface area contributed by atoms with Gasteiger partial charge in [0, 0.05) is 23.7 Å². The van der Waals surface area contributed by atoms with Crippen LogP contribution in [0.25, 0.3) is 0 Å². The lowest BCUT2D eigenvalue weighted by molar-refractivity contribution is -0.136. The predicted octanol–water partition coefficient (Wildman–Crippen LogP) is 3.90. The van der Waals surface area contributed by atoms with Gasteiger partial charge in [-0.2, -0.15) is 0 Å². The third-order valence-electron chi connectivity index (χ3n) is 4.86. The van der Waals surface area contributed by atoms with Crippen molar-refractivity contribution in [3.63, 3.8) is 0 Å². The number of rotatable bonds is 6. The van der Waals surface area contributed by atoms with Crippen molar-refractivity contribution in [2.24, 2.45) is 0 Å². The number of fused-ring (bicyclic) bond motifs is 1. The van der Waals surface area contributed by atoms with Gasteiger partial charge in [0.15, 0.2) is 11.5 Å². The molecule has 1 aromatic heterocycles. The molecular formula is C23H22N2O4S. The fraction of sp³-hybridized carbons (Fsp3) is 0.217. The number of nitrogens with zero attached hydrogens (tertiary/aromatic N) is 1. The van der Waals surface area contributed by atoms with Crippen LogP contribution in [-0.2, 0) is 16.0 Å². The molecule has 7 heteroatoms. The molecule has 0 spiro atoms. The van der Waals surface area contributed by atoms with Crippen LogP contribution in [0.3, 0.4) is 0 Å². The van der Waals surface area contributed by atoms with Crippen LogP contribution in [-0.4, -0.2) is 37.0 Å². The summed E-state index contributed by atoms with van der Waals surface area (Å²) in [6, 6.07) is 17.6. The van der Waals surface area contributed by atoms with E-state index in [4.69, 9.17) is 9.47 Å². The average molecular weight is 423 g/mol. The Morgan fingerprint density at radius 3 is 2.53 bits per heavy atom. The molecule has 0 aliphatic carbocycles. The predicted molar refractivity (Wildman–Crippen MR) is 116 cm³/mol. The second-order valence-electron chi connectivity index (χ2n) is 6.92. The van der Waals surface area contributed by atoms with E-state index in [1.165, 1.54) is 16.2 Å². The highest BCUT2D eigenvalue weighted by atomic mass is 32.1. The summed E-state index contributed by atoms with van der Waals surface area (Å²) < 4.78 is 11.1. The van der Waals surface area contributed by atoms with Gasteiger partial charge in [0.25, 0.3) is 5.91 Å². The van der Waals surface area contributed by atoms with E-state index in [-0.39, 0.29) is 18.2 Å². The van der Waals surface area contributed by atoms with Crippen LogP contribution in [0.4, 0.5) is 5.69 Å². The number of hydrogen-bond acceptors (Lipinski definition) is 5. The van der Waals surface area contributed by atoms with E-state index in [2.05, 4.69) is 5.32 Å². The summed E-state index contributed by atoms with van der Waals surface area (Å²) >= 11 is 1.53. The fourth-order valence-corrected chi connectivity index (χ4v) is 4.04. The monoisotopic (exact) mass is 422 g/mol. The maximum Gasteiger partial charge on any atom is 0.251 e. The number of likely N-dealkylation sites (N-methyl/N-ethyl adjacent to an activating group) is 1. The van der Waals surface area contributed by atoms with Gasteiger partial charge in [0.05, 0.1) is 6.42 Å². The molecule has 0 bridgehead atoms. The molecule has 1 atom stereocenters. The Balaban J connectivity index is 1.56. The normalized spacial score (nSPS) is 13.4. The van der Waals surface area contributed by atoms with E-state index in [0.717, 1.165) is 10.4 Å². The molecule has 6 nitrogen and oxygen atoms in total. The molecule has 1 unspecified atom stereocenters. The Morgan fingerprint density at radius 1 is 1.03 bits per heavy atom. The molecule has 0 saturated carbocycles. The van der Waals surface area contributed by atoms with Gasteiger partial charge in [0.2, 0.25) is 5.91 Å². The van der Waals surface area contributed by atoms with E-state index in [1.54, 1.807) is 25.2 Å². The number of anilines is 1. The van der Waals surface area contributed by atoms with Crippen molar-refractivity contribution in [2.45, 2.75) is 12.5 Å². The number of carbonyl (C=O) groups is 2. The summed E-state index contributed by atoms with van der Waals surface area (Å²) in [6.45, 7) is 0.975. The van der Waals surface area contributed by atoms with Gasteiger partial charge in [-0.05, 0) is 29.1 Å². The number of ether oxygens (including phenoxy) is 2. The first kappa shape index (κ1) is 20.0. The Bertz CT molecular complexity index is 1020. The Hall–Kier alpha value is -3.32. The molecule has 1 aliphatic heterocycles. The highest BCUT2D eigenvalue weighted by molar-refractivity contribution is 7.10. The minimum absolute atomic E-state index is 0.122. The summed E-state index contributed by atoms with van der Waals surface area (Å²) in [5.74, 6) is 0.836. The molecule has 30 heavy (non-hydrogen) atoms. The second kappa shape index (κ2) is 9.00. The Kier molecular flexibility index (Phi) is 5.99. The van der Waals surface area contributed by atoms with E-state index in [0.29, 0.717) is 30.4 Å². The third kappa shape index (κ3) is 4.46. The van der Waals surface area contributed by atoms with Crippen molar-refractivity contribution < 1.29 is 19.1 Å². The summed E-state index contributed by atoms with van der Waals surface area (Å²) in [7, 11) is 1.66. The van der Waals surface area contributed by atoms with E-state index in [1.807, 2.05) is 47.8 Å². The lowest BCUT2D eigenvalue weighted by Gasteiger charge is -2.28. The summed E-state index contributed by atoms with van der Waals surface area (Å²) in [4.78, 5) is 28.6. The van der Waals surface area contributed by atoms with E-state index < -0.39 is 6.04 Å². The molecule has 3 aromatic rings. The van der Waals surface area contributed by atoms with Crippen molar-refractivity contribution in [1.82, 2.24) is 4.90 Å². The smallest absolute Gasteiger partial charge is 0.251 e.